The molecular weight excluding hydrogens is 424 g/mol. The monoisotopic (exact) mass is 460 g/mol. The SMILES string of the molecule is Cc1ccc(-c2noc(CN3CCCC(C(=O)NC(C)CC(C)(C)c4ccccc4)C3)n2)cc1. The van der Waals surface area contributed by atoms with Gasteiger partial charge < -0.3 is 9.84 Å². The van der Waals surface area contributed by atoms with E-state index in [1.165, 1.54) is 11.1 Å². The normalized spacial score (nSPS) is 17.9. The summed E-state index contributed by atoms with van der Waals surface area (Å²) in [6.07, 6.45) is 2.79. The third kappa shape index (κ3) is 6.11. The molecule has 1 aromatic heterocycles. The van der Waals surface area contributed by atoms with Gasteiger partial charge in [-0.3, -0.25) is 9.69 Å². The molecule has 0 radical (unpaired) electrons. The summed E-state index contributed by atoms with van der Waals surface area (Å²) in [4.78, 5) is 19.9. The third-order valence-corrected chi connectivity index (χ3v) is 6.77. The first-order chi connectivity index (χ1) is 16.3. The van der Waals surface area contributed by atoms with Gasteiger partial charge in [0.2, 0.25) is 17.6 Å². The van der Waals surface area contributed by atoms with Crippen molar-refractivity contribution in [3.63, 3.8) is 0 Å². The molecule has 2 atom stereocenters. The molecule has 1 fully saturated rings. The summed E-state index contributed by atoms with van der Waals surface area (Å²) < 4.78 is 5.51. The summed E-state index contributed by atoms with van der Waals surface area (Å²) in [5, 5.41) is 7.42. The summed E-state index contributed by atoms with van der Waals surface area (Å²) in [5.41, 5.74) is 3.44. The highest BCUT2D eigenvalue weighted by Crippen LogP contribution is 2.28. The molecule has 34 heavy (non-hydrogen) atoms. The van der Waals surface area contributed by atoms with Gasteiger partial charge in [0, 0.05) is 18.2 Å². The number of nitrogens with one attached hydrogen (secondary N) is 1. The number of carbonyl (C=O) groups is 1. The van der Waals surface area contributed by atoms with Crippen molar-refractivity contribution >= 4 is 5.91 Å². The second-order valence-electron chi connectivity index (χ2n) is 10.3. The zero-order chi connectivity index (χ0) is 24.1. The number of carbonyl (C=O) groups excluding carboxylic acids is 1. The number of rotatable bonds is 8. The molecule has 0 aliphatic carbocycles. The second kappa shape index (κ2) is 10.5. The molecule has 0 spiro atoms. The number of likely N-dealkylation sites (tertiary alicyclic amines) is 1. The van der Waals surface area contributed by atoms with Crippen molar-refractivity contribution < 1.29 is 9.32 Å². The molecule has 6 heteroatoms. The molecule has 1 aliphatic heterocycles. The Hall–Kier alpha value is -2.99. The largest absolute Gasteiger partial charge is 0.353 e. The topological polar surface area (TPSA) is 71.3 Å². The van der Waals surface area contributed by atoms with Crippen molar-refractivity contribution in [1.82, 2.24) is 20.4 Å². The minimum Gasteiger partial charge on any atom is -0.353 e. The van der Waals surface area contributed by atoms with E-state index in [9.17, 15) is 4.79 Å². The molecule has 2 unspecified atom stereocenters. The van der Waals surface area contributed by atoms with E-state index in [1.54, 1.807) is 0 Å². The smallest absolute Gasteiger partial charge is 0.241 e. The van der Waals surface area contributed by atoms with E-state index in [-0.39, 0.29) is 23.3 Å². The Morgan fingerprint density at radius 1 is 1.18 bits per heavy atom. The van der Waals surface area contributed by atoms with E-state index in [4.69, 9.17) is 4.52 Å². The van der Waals surface area contributed by atoms with Crippen LogP contribution < -0.4 is 5.32 Å². The number of aryl methyl sites for hydroxylation is 1. The molecule has 180 valence electrons. The highest BCUT2D eigenvalue weighted by Gasteiger charge is 2.29. The highest BCUT2D eigenvalue weighted by molar-refractivity contribution is 5.79. The van der Waals surface area contributed by atoms with E-state index in [2.05, 4.69) is 72.3 Å². The van der Waals surface area contributed by atoms with Gasteiger partial charge in [0.1, 0.15) is 0 Å². The number of hydrogen-bond donors (Lipinski definition) is 1. The molecule has 0 saturated carbocycles. The summed E-state index contributed by atoms with van der Waals surface area (Å²) in [6, 6.07) is 18.7. The van der Waals surface area contributed by atoms with Gasteiger partial charge in [-0.25, -0.2) is 0 Å². The fraction of sp³-hybridized carbons (Fsp3) is 0.464. The molecule has 1 aliphatic rings. The second-order valence-corrected chi connectivity index (χ2v) is 10.3. The molecule has 2 aromatic carbocycles. The Bertz CT molecular complexity index is 1080. The first kappa shape index (κ1) is 24.1. The van der Waals surface area contributed by atoms with Gasteiger partial charge in [0.05, 0.1) is 12.5 Å². The Labute approximate surface area is 202 Å². The number of hydrogen-bond acceptors (Lipinski definition) is 5. The van der Waals surface area contributed by atoms with Gasteiger partial charge in [-0.1, -0.05) is 79.2 Å². The lowest BCUT2D eigenvalue weighted by Crippen LogP contribution is -2.46. The van der Waals surface area contributed by atoms with Gasteiger partial charge in [-0.2, -0.15) is 4.98 Å². The molecule has 1 saturated heterocycles. The lowest BCUT2D eigenvalue weighted by Gasteiger charge is -2.33. The zero-order valence-electron chi connectivity index (χ0n) is 20.8. The van der Waals surface area contributed by atoms with Crippen molar-refractivity contribution in [2.45, 2.75) is 65.0 Å². The Morgan fingerprint density at radius 2 is 1.91 bits per heavy atom. The number of piperidine rings is 1. The highest BCUT2D eigenvalue weighted by atomic mass is 16.5. The van der Waals surface area contributed by atoms with Crippen molar-refractivity contribution in [2.75, 3.05) is 13.1 Å². The predicted octanol–water partition coefficient (Wildman–Crippen LogP) is 5.13. The van der Waals surface area contributed by atoms with Crippen LogP contribution in [0.2, 0.25) is 0 Å². The number of benzene rings is 2. The lowest BCUT2D eigenvalue weighted by molar-refractivity contribution is -0.127. The maximum absolute atomic E-state index is 13.1. The predicted molar refractivity (Wildman–Crippen MR) is 134 cm³/mol. The summed E-state index contributed by atoms with van der Waals surface area (Å²) in [7, 11) is 0. The van der Waals surface area contributed by atoms with Gasteiger partial charge in [0.25, 0.3) is 0 Å². The number of nitrogens with zero attached hydrogens (tertiary/aromatic N) is 3. The van der Waals surface area contributed by atoms with Crippen LogP contribution in [0.25, 0.3) is 11.4 Å². The minimum absolute atomic E-state index is 0.000327. The minimum atomic E-state index is -0.0180. The van der Waals surface area contributed by atoms with Crippen molar-refractivity contribution in [3.05, 3.63) is 71.6 Å². The maximum Gasteiger partial charge on any atom is 0.241 e. The Kier molecular flexibility index (Phi) is 7.47. The molecule has 0 bridgehead atoms. The summed E-state index contributed by atoms with van der Waals surface area (Å²) >= 11 is 0. The Balaban J connectivity index is 1.30. The molecule has 6 nitrogen and oxygen atoms in total. The van der Waals surface area contributed by atoms with Gasteiger partial charge in [-0.05, 0) is 50.6 Å². The molecular formula is C28H36N4O2. The van der Waals surface area contributed by atoms with Crippen LogP contribution in [0, 0.1) is 12.8 Å². The zero-order valence-corrected chi connectivity index (χ0v) is 20.8. The average Bonchev–Trinajstić information content (AvgIpc) is 3.28. The summed E-state index contributed by atoms with van der Waals surface area (Å²) in [6.45, 7) is 10.9. The van der Waals surface area contributed by atoms with Crippen molar-refractivity contribution in [1.29, 1.82) is 0 Å². The fourth-order valence-corrected chi connectivity index (χ4v) is 4.93. The first-order valence-corrected chi connectivity index (χ1v) is 12.3. The van der Waals surface area contributed by atoms with E-state index in [0.29, 0.717) is 24.8 Å². The van der Waals surface area contributed by atoms with E-state index < -0.39 is 0 Å². The molecule has 3 aromatic rings. The Morgan fingerprint density at radius 3 is 2.65 bits per heavy atom. The molecule has 1 amide bonds. The molecule has 4 rings (SSSR count). The quantitative estimate of drug-likeness (QED) is 0.505. The fourth-order valence-electron chi connectivity index (χ4n) is 4.93. The van der Waals surface area contributed by atoms with Crippen LogP contribution in [0.4, 0.5) is 0 Å². The summed E-state index contributed by atoms with van der Waals surface area (Å²) in [5.74, 6) is 1.33. The van der Waals surface area contributed by atoms with Crippen molar-refractivity contribution in [3.8, 4) is 11.4 Å². The van der Waals surface area contributed by atoms with Gasteiger partial charge >= 0.3 is 0 Å². The van der Waals surface area contributed by atoms with Gasteiger partial charge in [-0.15, -0.1) is 0 Å². The van der Waals surface area contributed by atoms with Crippen LogP contribution in [0.5, 0.6) is 0 Å². The van der Waals surface area contributed by atoms with Crippen molar-refractivity contribution in [2.24, 2.45) is 5.92 Å². The van der Waals surface area contributed by atoms with Crippen LogP contribution >= 0.6 is 0 Å². The van der Waals surface area contributed by atoms with E-state index in [0.717, 1.165) is 31.4 Å². The maximum atomic E-state index is 13.1. The van der Waals surface area contributed by atoms with E-state index >= 15 is 0 Å². The molecule has 1 N–H and O–H groups in total. The van der Waals surface area contributed by atoms with Gasteiger partial charge in [0.15, 0.2) is 0 Å². The third-order valence-electron chi connectivity index (χ3n) is 6.77. The van der Waals surface area contributed by atoms with Crippen LogP contribution in [-0.2, 0) is 16.8 Å². The number of aromatic nitrogens is 2. The standard InChI is InChI=1S/C28H36N4O2/c1-20-12-14-22(15-13-20)26-30-25(34-31-26)19-32-16-8-9-23(18-32)27(33)29-21(2)17-28(3,4)24-10-6-5-7-11-24/h5-7,10-15,21,23H,8-9,16-19H2,1-4H3,(H,29,33). The van der Waals surface area contributed by atoms with Crippen LogP contribution in [0.3, 0.4) is 0 Å². The lowest BCUT2D eigenvalue weighted by atomic mass is 9.79. The molecule has 2 heterocycles. The van der Waals surface area contributed by atoms with Crippen LogP contribution in [-0.4, -0.2) is 40.1 Å². The number of amides is 1. The average molecular weight is 461 g/mol. The first-order valence-electron chi connectivity index (χ1n) is 12.3. The van der Waals surface area contributed by atoms with E-state index in [1.807, 2.05) is 30.3 Å². The van der Waals surface area contributed by atoms with Crippen LogP contribution in [0.1, 0.15) is 57.1 Å². The van der Waals surface area contributed by atoms with Crippen LogP contribution in [0.15, 0.2) is 59.1 Å².